The van der Waals surface area contributed by atoms with Crippen LogP contribution in [0.25, 0.3) is 0 Å². The average molecular weight is 481 g/mol. The second-order valence-electron chi connectivity index (χ2n) is 11.0. The molecule has 182 valence electrons. The molecule has 2 heterocycles. The van der Waals surface area contributed by atoms with Gasteiger partial charge in [-0.05, 0) is 30.4 Å². The number of fused-ring (bicyclic) bond motifs is 1. The van der Waals surface area contributed by atoms with Gasteiger partial charge >= 0.3 is 17.9 Å². The Morgan fingerprint density at radius 2 is 2.00 bits per heavy atom. The zero-order chi connectivity index (χ0) is 23.9. The maximum atomic E-state index is 14.2. The predicted octanol–water partition coefficient (Wildman–Crippen LogP) is 1.76. The number of thioether (sulfide) groups is 1. The summed E-state index contributed by atoms with van der Waals surface area (Å²) in [6, 6.07) is 0. The maximum Gasteiger partial charge on any atom is 0.324 e. The molecular formula is C24H32O8S. The van der Waals surface area contributed by atoms with Crippen LogP contribution in [0.4, 0.5) is 0 Å². The van der Waals surface area contributed by atoms with Crippen molar-refractivity contribution in [2.45, 2.75) is 65.3 Å². The fourth-order valence-electron chi connectivity index (χ4n) is 8.14. The van der Waals surface area contributed by atoms with Crippen LogP contribution in [0.1, 0.15) is 47.0 Å². The molecule has 9 heteroatoms. The van der Waals surface area contributed by atoms with Gasteiger partial charge in [0.15, 0.2) is 11.2 Å². The molecule has 5 aliphatic rings. The van der Waals surface area contributed by atoms with Gasteiger partial charge in [0.2, 0.25) is 0 Å². The van der Waals surface area contributed by atoms with Crippen molar-refractivity contribution in [2.24, 2.45) is 39.9 Å². The van der Waals surface area contributed by atoms with Crippen LogP contribution < -0.4 is 0 Å². The Kier molecular flexibility index (Phi) is 5.22. The van der Waals surface area contributed by atoms with Crippen molar-refractivity contribution in [1.29, 1.82) is 0 Å². The van der Waals surface area contributed by atoms with Crippen molar-refractivity contribution in [3.63, 3.8) is 0 Å². The van der Waals surface area contributed by atoms with Crippen molar-refractivity contribution in [3.8, 4) is 0 Å². The smallest absolute Gasteiger partial charge is 0.324 e. The highest BCUT2D eigenvalue weighted by Crippen LogP contribution is 2.71. The SMILES string of the molecule is CCSC[C@H]1C(=O)[C@@]23C(=O)O[C@H]4CCC(C)(C)[C@H]5C(=O)OC[C@@]45[C@@H]2[C@H](O)C[C@@H]1[C@H]3OC(C)=O. The Balaban J connectivity index is 1.72. The van der Waals surface area contributed by atoms with Gasteiger partial charge in [-0.3, -0.25) is 19.2 Å². The third kappa shape index (κ3) is 2.75. The zero-order valence-corrected chi connectivity index (χ0v) is 20.3. The van der Waals surface area contributed by atoms with Crippen molar-refractivity contribution in [3.05, 3.63) is 0 Å². The Bertz CT molecular complexity index is 916. The lowest BCUT2D eigenvalue weighted by molar-refractivity contribution is -0.264. The second kappa shape index (κ2) is 7.44. The first-order valence-electron chi connectivity index (χ1n) is 11.9. The molecule has 2 spiro atoms. The van der Waals surface area contributed by atoms with E-state index in [1.807, 2.05) is 20.8 Å². The van der Waals surface area contributed by atoms with E-state index in [9.17, 15) is 24.3 Å². The predicted molar refractivity (Wildman–Crippen MR) is 117 cm³/mol. The number of esters is 3. The van der Waals surface area contributed by atoms with Gasteiger partial charge in [-0.2, -0.15) is 11.8 Å². The molecule has 3 aliphatic carbocycles. The van der Waals surface area contributed by atoms with E-state index >= 15 is 0 Å². The first-order valence-corrected chi connectivity index (χ1v) is 13.0. The van der Waals surface area contributed by atoms with Crippen LogP contribution in [0.3, 0.4) is 0 Å². The third-order valence-electron chi connectivity index (χ3n) is 9.12. The highest BCUT2D eigenvalue weighted by molar-refractivity contribution is 7.99. The third-order valence-corrected chi connectivity index (χ3v) is 10.1. The fraction of sp³-hybridized carbons (Fsp3) is 0.833. The molecule has 2 aliphatic heterocycles. The van der Waals surface area contributed by atoms with Crippen LogP contribution in [-0.4, -0.2) is 65.2 Å². The monoisotopic (exact) mass is 480 g/mol. The number of ketones is 1. The number of Topliss-reactive ketones (excluding diaryl/α,β-unsaturated/α-hetero) is 1. The van der Waals surface area contributed by atoms with Crippen LogP contribution in [0.15, 0.2) is 0 Å². The highest BCUT2D eigenvalue weighted by Gasteiger charge is 2.84. The van der Waals surface area contributed by atoms with E-state index in [2.05, 4.69) is 0 Å². The Labute approximate surface area is 197 Å². The normalized spacial score (nSPS) is 47.2. The lowest BCUT2D eigenvalue weighted by atomic mass is 9.43. The molecule has 0 aromatic heterocycles. The molecule has 0 aromatic carbocycles. The summed E-state index contributed by atoms with van der Waals surface area (Å²) in [6.07, 6.45) is -1.25. The molecule has 3 saturated carbocycles. The minimum atomic E-state index is -1.82. The van der Waals surface area contributed by atoms with Gasteiger partial charge in [0.1, 0.15) is 18.8 Å². The van der Waals surface area contributed by atoms with E-state index in [0.717, 1.165) is 5.75 Å². The van der Waals surface area contributed by atoms with Gasteiger partial charge in [-0.1, -0.05) is 20.8 Å². The number of carbonyl (C=O) groups is 4. The van der Waals surface area contributed by atoms with E-state index in [1.54, 1.807) is 11.8 Å². The van der Waals surface area contributed by atoms with E-state index in [-0.39, 0.29) is 24.8 Å². The maximum absolute atomic E-state index is 14.2. The molecule has 9 atom stereocenters. The topological polar surface area (TPSA) is 116 Å². The number of carbonyl (C=O) groups excluding carboxylic acids is 4. The first-order chi connectivity index (χ1) is 15.5. The lowest BCUT2D eigenvalue weighted by Gasteiger charge is -2.62. The standard InChI is InChI=1S/C24H32O8S/c1-5-33-9-13-12-8-14(26)16-23-10-30-20(28)17(23)22(3,4)7-6-15(23)32-21(29)24(16,18(13)27)19(12)31-11(2)25/h12-17,19,26H,5-10H2,1-4H3/t12-,13+,14+,15-,16-,17+,19+,23-,24-/m0/s1. The molecule has 2 bridgehead atoms. The summed E-state index contributed by atoms with van der Waals surface area (Å²) in [4.78, 5) is 53.2. The zero-order valence-electron chi connectivity index (χ0n) is 19.5. The van der Waals surface area contributed by atoms with E-state index < -0.39 is 70.2 Å². The fourth-order valence-corrected chi connectivity index (χ4v) is 9.03. The Morgan fingerprint density at radius 3 is 2.67 bits per heavy atom. The number of aliphatic hydroxyl groups excluding tert-OH is 1. The minimum Gasteiger partial charge on any atom is -0.465 e. The summed E-state index contributed by atoms with van der Waals surface area (Å²) in [5, 5.41) is 11.6. The van der Waals surface area contributed by atoms with Gasteiger partial charge in [-0.25, -0.2) is 0 Å². The van der Waals surface area contributed by atoms with Gasteiger partial charge in [0.25, 0.3) is 0 Å². The number of hydrogen-bond donors (Lipinski definition) is 1. The average Bonchev–Trinajstić information content (AvgIpc) is 3.15. The molecule has 5 fully saturated rings. The molecule has 0 amide bonds. The summed E-state index contributed by atoms with van der Waals surface area (Å²) < 4.78 is 17.4. The largest absolute Gasteiger partial charge is 0.465 e. The molecule has 0 unspecified atom stereocenters. The molecule has 8 nitrogen and oxygen atoms in total. The Morgan fingerprint density at radius 1 is 1.27 bits per heavy atom. The van der Waals surface area contributed by atoms with Crippen LogP contribution in [0.2, 0.25) is 0 Å². The lowest BCUT2D eigenvalue weighted by Crippen LogP contribution is -2.73. The van der Waals surface area contributed by atoms with Crippen molar-refractivity contribution >= 4 is 35.5 Å². The van der Waals surface area contributed by atoms with Crippen LogP contribution in [0.5, 0.6) is 0 Å². The van der Waals surface area contributed by atoms with Crippen molar-refractivity contribution in [1.82, 2.24) is 0 Å². The van der Waals surface area contributed by atoms with E-state index in [1.165, 1.54) is 6.92 Å². The Hall–Kier alpha value is -1.61. The number of hydrogen-bond acceptors (Lipinski definition) is 9. The molecule has 2 saturated heterocycles. The van der Waals surface area contributed by atoms with Crippen LogP contribution >= 0.6 is 11.8 Å². The van der Waals surface area contributed by atoms with E-state index in [0.29, 0.717) is 18.6 Å². The van der Waals surface area contributed by atoms with Crippen LogP contribution in [-0.2, 0) is 33.4 Å². The number of aliphatic hydroxyl groups is 1. The molecule has 1 N–H and O–H groups in total. The summed E-state index contributed by atoms with van der Waals surface area (Å²) in [5.74, 6) is -3.26. The molecule has 0 radical (unpaired) electrons. The van der Waals surface area contributed by atoms with Crippen LogP contribution in [0, 0.1) is 39.9 Å². The molecule has 0 aromatic rings. The van der Waals surface area contributed by atoms with Gasteiger partial charge in [0, 0.05) is 30.4 Å². The van der Waals surface area contributed by atoms with Gasteiger partial charge < -0.3 is 19.3 Å². The summed E-state index contributed by atoms with van der Waals surface area (Å²) in [7, 11) is 0. The van der Waals surface area contributed by atoms with E-state index in [4.69, 9.17) is 14.2 Å². The number of cyclic esters (lactones) is 1. The minimum absolute atomic E-state index is 0.0134. The molecular weight excluding hydrogens is 448 g/mol. The summed E-state index contributed by atoms with van der Waals surface area (Å²) in [5.41, 5.74) is -3.30. The van der Waals surface area contributed by atoms with Crippen molar-refractivity contribution < 1.29 is 38.5 Å². The molecule has 33 heavy (non-hydrogen) atoms. The van der Waals surface area contributed by atoms with Gasteiger partial charge in [-0.15, -0.1) is 0 Å². The first kappa shape index (κ1) is 23.1. The van der Waals surface area contributed by atoms with Crippen molar-refractivity contribution in [2.75, 3.05) is 18.1 Å². The second-order valence-corrected chi connectivity index (χ2v) is 12.4. The quantitative estimate of drug-likeness (QED) is 0.365. The van der Waals surface area contributed by atoms with Gasteiger partial charge in [0.05, 0.1) is 17.4 Å². The molecule has 5 rings (SSSR count). The number of rotatable bonds is 4. The number of ether oxygens (including phenoxy) is 3. The highest BCUT2D eigenvalue weighted by atomic mass is 32.2. The summed E-state index contributed by atoms with van der Waals surface area (Å²) in [6.45, 7) is 7.22. The summed E-state index contributed by atoms with van der Waals surface area (Å²) >= 11 is 1.58.